The molecular formula is C23H35NO2. The molecule has 1 aromatic rings. The van der Waals surface area contributed by atoms with Crippen molar-refractivity contribution in [2.75, 3.05) is 13.1 Å². The van der Waals surface area contributed by atoms with Gasteiger partial charge in [-0.2, -0.15) is 0 Å². The molecule has 0 N–H and O–H groups in total. The van der Waals surface area contributed by atoms with Crippen LogP contribution in [0.1, 0.15) is 94.0 Å². The Morgan fingerprint density at radius 2 is 1.77 bits per heavy atom. The summed E-state index contributed by atoms with van der Waals surface area (Å²) >= 11 is 0. The summed E-state index contributed by atoms with van der Waals surface area (Å²) in [6.07, 6.45) is 8.74. The molecule has 1 saturated heterocycles. The number of amides is 1. The van der Waals surface area contributed by atoms with Gasteiger partial charge in [-0.25, -0.2) is 0 Å². The molecule has 3 nitrogen and oxygen atoms in total. The second kappa shape index (κ2) is 10.5. The molecule has 0 atom stereocenters. The van der Waals surface area contributed by atoms with Gasteiger partial charge in [0.1, 0.15) is 0 Å². The molecule has 1 amide bonds. The smallest absolute Gasteiger partial charge is 0.222 e. The van der Waals surface area contributed by atoms with Crippen molar-refractivity contribution in [3.05, 3.63) is 35.4 Å². The first-order valence-electron chi connectivity index (χ1n) is 10.4. The highest BCUT2D eigenvalue weighted by atomic mass is 16.2. The van der Waals surface area contributed by atoms with Gasteiger partial charge >= 0.3 is 0 Å². The minimum Gasteiger partial charge on any atom is -0.343 e. The monoisotopic (exact) mass is 357 g/mol. The average molecular weight is 358 g/mol. The molecule has 1 aromatic carbocycles. The van der Waals surface area contributed by atoms with E-state index in [2.05, 4.69) is 19.9 Å². The van der Waals surface area contributed by atoms with Crippen molar-refractivity contribution in [2.24, 2.45) is 5.92 Å². The molecule has 144 valence electrons. The number of benzene rings is 1. The molecule has 2 rings (SSSR count). The highest BCUT2D eigenvalue weighted by Crippen LogP contribution is 2.29. The van der Waals surface area contributed by atoms with Crippen LogP contribution in [0.2, 0.25) is 0 Å². The van der Waals surface area contributed by atoms with E-state index in [-0.39, 0.29) is 5.78 Å². The first-order chi connectivity index (χ1) is 12.5. The maximum Gasteiger partial charge on any atom is 0.222 e. The number of carbonyl (C=O) groups is 2. The molecule has 26 heavy (non-hydrogen) atoms. The number of Topliss-reactive ketones (excluding diaryl/α,β-unsaturated/α-hetero) is 1. The Morgan fingerprint density at radius 3 is 2.42 bits per heavy atom. The van der Waals surface area contributed by atoms with Gasteiger partial charge in [-0.15, -0.1) is 0 Å². The lowest BCUT2D eigenvalue weighted by Crippen LogP contribution is -2.37. The zero-order chi connectivity index (χ0) is 18.9. The Balaban J connectivity index is 1.70. The van der Waals surface area contributed by atoms with Gasteiger partial charge in [0.15, 0.2) is 5.78 Å². The van der Waals surface area contributed by atoms with Crippen molar-refractivity contribution in [3.8, 4) is 0 Å². The Hall–Kier alpha value is -1.64. The summed E-state index contributed by atoms with van der Waals surface area (Å²) in [6.45, 7) is 7.85. The number of hydrogen-bond acceptors (Lipinski definition) is 2. The molecule has 0 radical (unpaired) electrons. The van der Waals surface area contributed by atoms with Crippen molar-refractivity contribution in [3.63, 3.8) is 0 Å². The number of ketones is 1. The van der Waals surface area contributed by atoms with Crippen molar-refractivity contribution in [2.45, 2.75) is 78.1 Å². The molecular weight excluding hydrogens is 322 g/mol. The molecule has 1 aliphatic heterocycles. The Labute approximate surface area is 159 Å². The number of nitrogens with zero attached hydrogens (tertiary/aromatic N) is 1. The van der Waals surface area contributed by atoms with Gasteiger partial charge in [-0.3, -0.25) is 9.59 Å². The van der Waals surface area contributed by atoms with E-state index in [0.29, 0.717) is 18.2 Å². The normalized spacial score (nSPS) is 15.5. The molecule has 1 heterocycles. The van der Waals surface area contributed by atoms with Crippen LogP contribution < -0.4 is 0 Å². The van der Waals surface area contributed by atoms with Crippen molar-refractivity contribution >= 4 is 11.7 Å². The van der Waals surface area contributed by atoms with Gasteiger partial charge in [0.25, 0.3) is 0 Å². The van der Waals surface area contributed by atoms with Gasteiger partial charge in [-0.05, 0) is 49.7 Å². The van der Waals surface area contributed by atoms with E-state index < -0.39 is 0 Å². The summed E-state index contributed by atoms with van der Waals surface area (Å²) < 4.78 is 0. The number of rotatable bonds is 9. The van der Waals surface area contributed by atoms with Gasteiger partial charge in [0, 0.05) is 25.1 Å². The van der Waals surface area contributed by atoms with Crippen LogP contribution in [0, 0.1) is 5.92 Å². The number of hydrogen-bond donors (Lipinski definition) is 0. The van der Waals surface area contributed by atoms with Crippen molar-refractivity contribution < 1.29 is 9.59 Å². The van der Waals surface area contributed by atoms with E-state index in [1.165, 1.54) is 31.2 Å². The zero-order valence-electron chi connectivity index (χ0n) is 16.8. The number of piperidine rings is 1. The summed E-state index contributed by atoms with van der Waals surface area (Å²) in [4.78, 5) is 26.0. The van der Waals surface area contributed by atoms with E-state index in [4.69, 9.17) is 0 Å². The minimum absolute atomic E-state index is 0.118. The molecule has 3 heteroatoms. The first-order valence-corrected chi connectivity index (χ1v) is 10.4. The molecule has 0 aliphatic carbocycles. The SMILES string of the molecule is CC(=O)c1cccc(C2CCN(C(=O)CCCCCCC(C)C)CC2)c1. The highest BCUT2D eigenvalue weighted by Gasteiger charge is 2.23. The van der Waals surface area contributed by atoms with Crippen molar-refractivity contribution in [1.82, 2.24) is 4.90 Å². The maximum atomic E-state index is 12.4. The quantitative estimate of drug-likeness (QED) is 0.426. The van der Waals surface area contributed by atoms with Crippen LogP contribution in [0.15, 0.2) is 24.3 Å². The van der Waals surface area contributed by atoms with Gasteiger partial charge < -0.3 is 4.90 Å². The minimum atomic E-state index is 0.118. The summed E-state index contributed by atoms with van der Waals surface area (Å²) in [6, 6.07) is 8.00. The maximum absolute atomic E-state index is 12.4. The van der Waals surface area contributed by atoms with E-state index >= 15 is 0 Å². The first kappa shape index (κ1) is 20.7. The molecule has 0 saturated carbocycles. The fourth-order valence-corrected chi connectivity index (χ4v) is 3.81. The van der Waals surface area contributed by atoms with Crippen LogP contribution in [0.4, 0.5) is 0 Å². The molecule has 0 aromatic heterocycles. The third-order valence-corrected chi connectivity index (χ3v) is 5.53. The van der Waals surface area contributed by atoms with Crippen molar-refractivity contribution in [1.29, 1.82) is 0 Å². The van der Waals surface area contributed by atoms with E-state index in [9.17, 15) is 9.59 Å². The Kier molecular flexibility index (Phi) is 8.34. The largest absolute Gasteiger partial charge is 0.343 e. The summed E-state index contributed by atoms with van der Waals surface area (Å²) in [5, 5.41) is 0. The van der Waals surface area contributed by atoms with Crippen LogP contribution in [0.25, 0.3) is 0 Å². The predicted molar refractivity (Wildman–Crippen MR) is 108 cm³/mol. The fraction of sp³-hybridized carbons (Fsp3) is 0.652. The molecule has 0 bridgehead atoms. The van der Waals surface area contributed by atoms with Gasteiger partial charge in [-0.1, -0.05) is 57.7 Å². The van der Waals surface area contributed by atoms with E-state index in [1.54, 1.807) is 6.92 Å². The number of likely N-dealkylation sites (tertiary alicyclic amines) is 1. The third kappa shape index (κ3) is 6.59. The van der Waals surface area contributed by atoms with Crippen LogP contribution >= 0.6 is 0 Å². The summed E-state index contributed by atoms with van der Waals surface area (Å²) in [7, 11) is 0. The van der Waals surface area contributed by atoms with Crippen LogP contribution in [-0.2, 0) is 4.79 Å². The summed E-state index contributed by atoms with van der Waals surface area (Å²) in [5.74, 6) is 1.70. The Morgan fingerprint density at radius 1 is 1.08 bits per heavy atom. The molecule has 1 aliphatic rings. The second-order valence-corrected chi connectivity index (χ2v) is 8.18. The lowest BCUT2D eigenvalue weighted by atomic mass is 9.88. The fourth-order valence-electron chi connectivity index (χ4n) is 3.81. The van der Waals surface area contributed by atoms with E-state index in [1.807, 2.05) is 23.1 Å². The molecule has 0 unspecified atom stereocenters. The average Bonchev–Trinajstić information content (AvgIpc) is 2.64. The lowest BCUT2D eigenvalue weighted by molar-refractivity contribution is -0.132. The Bertz CT molecular complexity index is 586. The van der Waals surface area contributed by atoms with Gasteiger partial charge in [0.05, 0.1) is 0 Å². The van der Waals surface area contributed by atoms with Crippen LogP contribution in [0.5, 0.6) is 0 Å². The number of carbonyl (C=O) groups excluding carboxylic acids is 2. The summed E-state index contributed by atoms with van der Waals surface area (Å²) in [5.41, 5.74) is 2.04. The lowest BCUT2D eigenvalue weighted by Gasteiger charge is -2.32. The third-order valence-electron chi connectivity index (χ3n) is 5.53. The van der Waals surface area contributed by atoms with Crippen LogP contribution in [0.3, 0.4) is 0 Å². The highest BCUT2D eigenvalue weighted by molar-refractivity contribution is 5.94. The molecule has 1 fully saturated rings. The number of unbranched alkanes of at least 4 members (excludes halogenated alkanes) is 3. The molecule has 0 spiro atoms. The predicted octanol–water partition coefficient (Wildman–Crippen LogP) is 5.59. The standard InChI is InChI=1S/C23H35NO2/c1-18(2)9-6-4-5-7-12-23(26)24-15-13-20(14-16-24)22-11-8-10-21(17-22)19(3)25/h8,10-11,17-18,20H,4-7,9,12-16H2,1-3H3. The van der Waals surface area contributed by atoms with Crippen LogP contribution in [-0.4, -0.2) is 29.7 Å². The van der Waals surface area contributed by atoms with E-state index in [0.717, 1.165) is 43.8 Å². The zero-order valence-corrected chi connectivity index (χ0v) is 16.8. The van der Waals surface area contributed by atoms with Gasteiger partial charge in [0.2, 0.25) is 5.91 Å². The topological polar surface area (TPSA) is 37.4 Å². The second-order valence-electron chi connectivity index (χ2n) is 8.18.